The van der Waals surface area contributed by atoms with Crippen molar-refractivity contribution < 1.29 is 23.5 Å². The van der Waals surface area contributed by atoms with Gasteiger partial charge < -0.3 is 5.11 Å². The predicted octanol–water partition coefficient (Wildman–Crippen LogP) is 0.312. The Balaban J connectivity index is 2.95. The summed E-state index contributed by atoms with van der Waals surface area (Å²) < 4.78 is 27.0. The lowest BCUT2D eigenvalue weighted by molar-refractivity contribution is -0.162. The summed E-state index contributed by atoms with van der Waals surface area (Å²) >= 11 is 2.74. The first-order valence-corrected chi connectivity index (χ1v) is 4.10. The molecular weight excluding hydrogens is 252 g/mol. The highest BCUT2D eigenvalue weighted by Crippen LogP contribution is 2.26. The fourth-order valence-electron chi connectivity index (χ4n) is 1.06. The van der Waals surface area contributed by atoms with Crippen LogP contribution in [-0.4, -0.2) is 45.7 Å². The van der Waals surface area contributed by atoms with E-state index in [4.69, 9.17) is 5.11 Å². The highest BCUT2D eigenvalue weighted by atomic mass is 79.9. The molecule has 0 spiro atoms. The molecular formula is C6H6BrF2NO3. The second kappa shape index (κ2) is 3.30. The van der Waals surface area contributed by atoms with Gasteiger partial charge in [0, 0.05) is 22.7 Å². The second-order valence-corrected chi connectivity index (χ2v) is 3.74. The summed E-state index contributed by atoms with van der Waals surface area (Å²) in [4.78, 5) is 21.2. The van der Waals surface area contributed by atoms with Crippen LogP contribution in [0.5, 0.6) is 0 Å². The van der Waals surface area contributed by atoms with Crippen LogP contribution >= 0.6 is 16.1 Å². The molecule has 2 atom stereocenters. The molecule has 0 radical (unpaired) electrons. The summed E-state index contributed by atoms with van der Waals surface area (Å²) in [5.74, 6) is -3.47. The van der Waals surface area contributed by atoms with Crippen LogP contribution in [-0.2, 0) is 9.59 Å². The fraction of sp³-hybridized carbons (Fsp3) is 0.667. The number of Topliss-reactive ketones (excluding diaryl/α,β-unsaturated/α-hetero) is 1. The van der Waals surface area contributed by atoms with Gasteiger partial charge in [-0.3, -0.25) is 4.79 Å². The van der Waals surface area contributed by atoms with Gasteiger partial charge in [0.25, 0.3) is 5.67 Å². The van der Waals surface area contributed by atoms with Gasteiger partial charge in [-0.15, -0.1) is 0 Å². The number of nitrogens with zero attached hydrogens (tertiary/aromatic N) is 1. The maximum Gasteiger partial charge on any atom is 0.350 e. The molecule has 0 saturated carbocycles. The highest BCUT2D eigenvalue weighted by molar-refractivity contribution is 9.07. The molecule has 1 fully saturated rings. The number of hydrogen-bond acceptors (Lipinski definition) is 3. The molecule has 0 aromatic carbocycles. The van der Waals surface area contributed by atoms with Crippen LogP contribution in [0.15, 0.2) is 0 Å². The summed E-state index contributed by atoms with van der Waals surface area (Å²) in [5.41, 5.74) is -3.14. The molecule has 0 amide bonds. The SMILES string of the molecule is O=C(O)C1(F)CN(Br)CC(F)C1=O. The number of ketones is 1. The van der Waals surface area contributed by atoms with E-state index in [1.165, 1.54) is 0 Å². The molecule has 1 aliphatic heterocycles. The number of halogens is 3. The van der Waals surface area contributed by atoms with E-state index in [2.05, 4.69) is 16.1 Å². The number of carboxylic acids is 1. The molecule has 1 aliphatic rings. The average molecular weight is 258 g/mol. The summed E-state index contributed by atoms with van der Waals surface area (Å²) in [5, 5.41) is 8.39. The van der Waals surface area contributed by atoms with Crippen LogP contribution in [0.4, 0.5) is 8.78 Å². The zero-order valence-electron chi connectivity index (χ0n) is 6.34. The van der Waals surface area contributed by atoms with E-state index in [-0.39, 0.29) is 6.54 Å². The molecule has 1 heterocycles. The van der Waals surface area contributed by atoms with Crippen LogP contribution in [0.25, 0.3) is 0 Å². The Morgan fingerprint density at radius 3 is 2.77 bits per heavy atom. The summed E-state index contributed by atoms with van der Waals surface area (Å²) in [6.45, 7) is -1.01. The number of carboxylic acid groups (broad SMARTS) is 1. The Kier molecular flexibility index (Phi) is 2.67. The molecule has 0 aromatic rings. The molecule has 0 bridgehead atoms. The van der Waals surface area contributed by atoms with E-state index < -0.39 is 30.1 Å². The molecule has 0 aromatic heterocycles. The van der Waals surface area contributed by atoms with Crippen molar-refractivity contribution in [1.82, 2.24) is 3.93 Å². The van der Waals surface area contributed by atoms with Crippen LogP contribution in [0.1, 0.15) is 0 Å². The van der Waals surface area contributed by atoms with Gasteiger partial charge in [-0.05, 0) is 0 Å². The van der Waals surface area contributed by atoms with Gasteiger partial charge in [0.15, 0.2) is 6.17 Å². The maximum absolute atomic E-state index is 13.3. The van der Waals surface area contributed by atoms with Crippen LogP contribution in [0, 0.1) is 0 Å². The van der Waals surface area contributed by atoms with Gasteiger partial charge in [-0.2, -0.15) is 0 Å². The molecule has 2 unspecified atom stereocenters. The Bertz CT molecular complexity index is 262. The van der Waals surface area contributed by atoms with Crippen molar-refractivity contribution in [3.63, 3.8) is 0 Å². The van der Waals surface area contributed by atoms with Crippen LogP contribution in [0.3, 0.4) is 0 Å². The van der Waals surface area contributed by atoms with Gasteiger partial charge >= 0.3 is 5.97 Å². The lowest BCUT2D eigenvalue weighted by atomic mass is 9.93. The van der Waals surface area contributed by atoms with Crippen molar-refractivity contribution >= 4 is 27.9 Å². The number of carbonyl (C=O) groups is 2. The third-order valence-electron chi connectivity index (χ3n) is 1.76. The van der Waals surface area contributed by atoms with Gasteiger partial charge in [-0.25, -0.2) is 17.5 Å². The first kappa shape index (κ1) is 10.5. The zero-order chi connectivity index (χ0) is 10.2. The summed E-state index contributed by atoms with van der Waals surface area (Å²) in [6, 6.07) is 0. The fourth-order valence-corrected chi connectivity index (χ4v) is 1.66. The second-order valence-electron chi connectivity index (χ2n) is 2.74. The Hall–Kier alpha value is -0.560. The van der Waals surface area contributed by atoms with Gasteiger partial charge in [0.2, 0.25) is 5.78 Å². The van der Waals surface area contributed by atoms with Gasteiger partial charge in [-0.1, -0.05) is 0 Å². The van der Waals surface area contributed by atoms with E-state index in [1.54, 1.807) is 0 Å². The smallest absolute Gasteiger partial charge is 0.350 e. The van der Waals surface area contributed by atoms with Crippen LogP contribution < -0.4 is 0 Å². The van der Waals surface area contributed by atoms with Gasteiger partial charge in [0.05, 0.1) is 6.54 Å². The van der Waals surface area contributed by atoms with E-state index in [1.807, 2.05) is 0 Å². The minimum atomic E-state index is -3.14. The molecule has 0 aliphatic carbocycles. The number of alkyl halides is 2. The standard InChI is InChI=1S/C6H6BrF2NO3/c7-10-1-3(8)4(11)6(9,2-10)5(12)13/h3H,1-2H2,(H,12,13). The number of rotatable bonds is 1. The third kappa shape index (κ3) is 1.71. The largest absolute Gasteiger partial charge is 0.478 e. The molecule has 13 heavy (non-hydrogen) atoms. The summed E-state index contributed by atoms with van der Waals surface area (Å²) in [6.07, 6.45) is -2.10. The Labute approximate surface area is 80.8 Å². The van der Waals surface area contributed by atoms with E-state index in [9.17, 15) is 18.4 Å². The van der Waals surface area contributed by atoms with Crippen molar-refractivity contribution in [2.45, 2.75) is 11.8 Å². The van der Waals surface area contributed by atoms with Gasteiger partial charge in [0.1, 0.15) is 0 Å². The average Bonchev–Trinajstić information content (AvgIpc) is 1.99. The molecule has 1 saturated heterocycles. The van der Waals surface area contributed by atoms with E-state index >= 15 is 0 Å². The van der Waals surface area contributed by atoms with Crippen molar-refractivity contribution in [1.29, 1.82) is 0 Å². The maximum atomic E-state index is 13.3. The lowest BCUT2D eigenvalue weighted by Gasteiger charge is -2.31. The van der Waals surface area contributed by atoms with Crippen molar-refractivity contribution in [3.05, 3.63) is 0 Å². The number of hydrogen-bond donors (Lipinski definition) is 1. The normalized spacial score (nSPS) is 36.2. The summed E-state index contributed by atoms with van der Waals surface area (Å²) in [7, 11) is 0. The quantitative estimate of drug-likeness (QED) is 0.543. The van der Waals surface area contributed by atoms with E-state index in [0.29, 0.717) is 0 Å². The number of piperidine rings is 1. The lowest BCUT2D eigenvalue weighted by Crippen LogP contribution is -2.58. The molecule has 74 valence electrons. The van der Waals surface area contributed by atoms with Crippen molar-refractivity contribution in [3.8, 4) is 0 Å². The third-order valence-corrected chi connectivity index (χ3v) is 2.30. The molecule has 1 N–H and O–H groups in total. The van der Waals surface area contributed by atoms with Crippen molar-refractivity contribution in [2.24, 2.45) is 0 Å². The van der Waals surface area contributed by atoms with E-state index in [0.717, 1.165) is 3.93 Å². The topological polar surface area (TPSA) is 57.6 Å². The molecule has 7 heteroatoms. The minimum Gasteiger partial charge on any atom is -0.478 e. The highest BCUT2D eigenvalue weighted by Gasteiger charge is 2.54. The first-order chi connectivity index (χ1) is 5.88. The zero-order valence-corrected chi connectivity index (χ0v) is 7.92. The first-order valence-electron chi connectivity index (χ1n) is 3.39. The number of aliphatic carboxylic acids is 1. The Morgan fingerprint density at radius 2 is 2.31 bits per heavy atom. The monoisotopic (exact) mass is 257 g/mol. The number of carbonyl (C=O) groups excluding carboxylic acids is 1. The minimum absolute atomic E-state index is 0.336. The predicted molar refractivity (Wildman–Crippen MR) is 41.9 cm³/mol. The van der Waals surface area contributed by atoms with Crippen molar-refractivity contribution in [2.75, 3.05) is 13.1 Å². The van der Waals surface area contributed by atoms with Crippen LogP contribution in [0.2, 0.25) is 0 Å². The molecule has 1 rings (SSSR count). The Morgan fingerprint density at radius 1 is 1.77 bits per heavy atom. The molecule has 4 nitrogen and oxygen atoms in total.